The lowest BCUT2D eigenvalue weighted by Gasteiger charge is -2.17. The third kappa shape index (κ3) is 1.54. The van der Waals surface area contributed by atoms with Gasteiger partial charge < -0.3 is 15.2 Å². The van der Waals surface area contributed by atoms with E-state index < -0.39 is 0 Å². The molecule has 0 spiro atoms. The van der Waals surface area contributed by atoms with Gasteiger partial charge in [-0.25, -0.2) is 4.98 Å². The van der Waals surface area contributed by atoms with Gasteiger partial charge in [0.15, 0.2) is 0 Å². The second-order valence-corrected chi connectivity index (χ2v) is 3.51. The number of aromatic nitrogens is 2. The molecule has 0 bridgehead atoms. The highest BCUT2D eigenvalue weighted by atomic mass is 15.3. The maximum atomic E-state index is 5.84. The molecule has 2 heterocycles. The third-order valence-electron chi connectivity index (χ3n) is 2.54. The van der Waals surface area contributed by atoms with Gasteiger partial charge in [-0.2, -0.15) is 0 Å². The first-order valence-electron chi connectivity index (χ1n) is 4.83. The summed E-state index contributed by atoms with van der Waals surface area (Å²) in [6, 6.07) is 0.321. The number of imidazole rings is 1. The van der Waals surface area contributed by atoms with Gasteiger partial charge in [0.1, 0.15) is 0 Å². The molecule has 1 atom stereocenters. The summed E-state index contributed by atoms with van der Waals surface area (Å²) in [5.74, 6) is 1.07. The van der Waals surface area contributed by atoms with E-state index in [0.717, 1.165) is 32.0 Å². The van der Waals surface area contributed by atoms with E-state index in [1.54, 1.807) is 0 Å². The van der Waals surface area contributed by atoms with Crippen LogP contribution in [-0.4, -0.2) is 28.7 Å². The second-order valence-electron chi connectivity index (χ2n) is 3.51. The summed E-state index contributed by atoms with van der Waals surface area (Å²) in [7, 11) is 0. The predicted molar refractivity (Wildman–Crippen MR) is 52.7 cm³/mol. The van der Waals surface area contributed by atoms with E-state index in [1.807, 2.05) is 12.4 Å². The molecule has 1 aliphatic heterocycles. The molecule has 0 saturated carbocycles. The Morgan fingerprint density at radius 2 is 2.54 bits per heavy atom. The number of nitrogens with two attached hydrogens (primary N) is 1. The summed E-state index contributed by atoms with van der Waals surface area (Å²) in [6.07, 6.45) is 4.94. The van der Waals surface area contributed by atoms with Gasteiger partial charge in [-0.05, 0) is 13.3 Å². The number of hydrogen-bond acceptors (Lipinski definition) is 3. The van der Waals surface area contributed by atoms with Gasteiger partial charge in [0.2, 0.25) is 5.95 Å². The van der Waals surface area contributed by atoms with Crippen molar-refractivity contribution in [3.63, 3.8) is 0 Å². The molecular weight excluding hydrogens is 164 g/mol. The molecular formula is C9H16N4. The van der Waals surface area contributed by atoms with Crippen molar-refractivity contribution in [3.8, 4) is 0 Å². The van der Waals surface area contributed by atoms with E-state index in [-0.39, 0.29) is 0 Å². The molecule has 1 saturated heterocycles. The lowest BCUT2D eigenvalue weighted by molar-refractivity contribution is 0.720. The SMILES string of the molecule is CCn1ccnc1N1CC[C@H](N)C1. The quantitative estimate of drug-likeness (QED) is 0.718. The molecule has 0 amide bonds. The second kappa shape index (κ2) is 3.38. The molecule has 13 heavy (non-hydrogen) atoms. The Labute approximate surface area is 78.4 Å². The molecule has 1 aromatic heterocycles. The number of anilines is 1. The van der Waals surface area contributed by atoms with Crippen LogP contribution in [-0.2, 0) is 6.54 Å². The number of nitrogens with zero attached hydrogens (tertiary/aromatic N) is 3. The monoisotopic (exact) mass is 180 g/mol. The van der Waals surface area contributed by atoms with Gasteiger partial charge in [0, 0.05) is 38.1 Å². The molecule has 1 fully saturated rings. The standard InChI is InChI=1S/C9H16N4/c1-2-12-6-4-11-9(12)13-5-3-8(10)7-13/h4,6,8H,2-3,5,7,10H2,1H3/t8-/m0/s1. The molecule has 2 N–H and O–H groups in total. The van der Waals surface area contributed by atoms with E-state index in [1.165, 1.54) is 0 Å². The normalized spacial score (nSPS) is 22.6. The molecule has 0 aromatic carbocycles. The highest BCUT2D eigenvalue weighted by molar-refractivity contribution is 5.33. The molecule has 0 radical (unpaired) electrons. The van der Waals surface area contributed by atoms with Crippen molar-refractivity contribution in [2.45, 2.75) is 25.9 Å². The van der Waals surface area contributed by atoms with Crippen LogP contribution in [0.3, 0.4) is 0 Å². The first-order chi connectivity index (χ1) is 6.31. The topological polar surface area (TPSA) is 47.1 Å². The Morgan fingerprint density at radius 1 is 1.69 bits per heavy atom. The van der Waals surface area contributed by atoms with Crippen molar-refractivity contribution in [2.75, 3.05) is 18.0 Å². The number of hydrogen-bond donors (Lipinski definition) is 1. The van der Waals surface area contributed by atoms with E-state index in [9.17, 15) is 0 Å². The fourth-order valence-corrected chi connectivity index (χ4v) is 1.80. The average Bonchev–Trinajstić information content (AvgIpc) is 2.71. The first-order valence-corrected chi connectivity index (χ1v) is 4.83. The van der Waals surface area contributed by atoms with Crippen molar-refractivity contribution in [1.82, 2.24) is 9.55 Å². The summed E-state index contributed by atoms with van der Waals surface area (Å²) in [5.41, 5.74) is 5.84. The summed E-state index contributed by atoms with van der Waals surface area (Å²) < 4.78 is 2.15. The van der Waals surface area contributed by atoms with Gasteiger partial charge in [0.05, 0.1) is 0 Å². The fourth-order valence-electron chi connectivity index (χ4n) is 1.80. The third-order valence-corrected chi connectivity index (χ3v) is 2.54. The zero-order valence-corrected chi connectivity index (χ0v) is 7.98. The van der Waals surface area contributed by atoms with E-state index in [4.69, 9.17) is 5.73 Å². The molecule has 0 unspecified atom stereocenters. The zero-order valence-electron chi connectivity index (χ0n) is 7.98. The molecule has 0 aliphatic carbocycles. The van der Waals surface area contributed by atoms with E-state index in [2.05, 4.69) is 21.4 Å². The van der Waals surface area contributed by atoms with E-state index >= 15 is 0 Å². The molecule has 4 nitrogen and oxygen atoms in total. The van der Waals surface area contributed by atoms with Crippen LogP contribution in [0.25, 0.3) is 0 Å². The Kier molecular flexibility index (Phi) is 2.22. The smallest absolute Gasteiger partial charge is 0.205 e. The molecule has 4 heteroatoms. The van der Waals surface area contributed by atoms with Gasteiger partial charge in [-0.1, -0.05) is 0 Å². The van der Waals surface area contributed by atoms with Crippen molar-refractivity contribution in [2.24, 2.45) is 5.73 Å². The van der Waals surface area contributed by atoms with Crippen LogP contribution in [0.15, 0.2) is 12.4 Å². The highest BCUT2D eigenvalue weighted by Gasteiger charge is 2.21. The van der Waals surface area contributed by atoms with Gasteiger partial charge >= 0.3 is 0 Å². The minimum atomic E-state index is 0.321. The van der Waals surface area contributed by atoms with Crippen LogP contribution in [0.1, 0.15) is 13.3 Å². The zero-order chi connectivity index (χ0) is 9.26. The number of aryl methyl sites for hydroxylation is 1. The molecule has 1 aliphatic rings. The van der Waals surface area contributed by atoms with Crippen LogP contribution in [0.5, 0.6) is 0 Å². The van der Waals surface area contributed by atoms with Crippen molar-refractivity contribution in [3.05, 3.63) is 12.4 Å². The molecule has 72 valence electrons. The first kappa shape index (κ1) is 8.56. The van der Waals surface area contributed by atoms with Crippen LogP contribution in [0.4, 0.5) is 5.95 Å². The maximum absolute atomic E-state index is 5.84. The van der Waals surface area contributed by atoms with Crippen LogP contribution >= 0.6 is 0 Å². The van der Waals surface area contributed by atoms with Crippen molar-refractivity contribution >= 4 is 5.95 Å². The van der Waals surface area contributed by atoms with Crippen LogP contribution < -0.4 is 10.6 Å². The van der Waals surface area contributed by atoms with Gasteiger partial charge in [0.25, 0.3) is 0 Å². The predicted octanol–water partition coefficient (Wildman–Crippen LogP) is 0.440. The minimum absolute atomic E-state index is 0.321. The molecule has 2 rings (SSSR count). The largest absolute Gasteiger partial charge is 0.341 e. The fraction of sp³-hybridized carbons (Fsp3) is 0.667. The Bertz CT molecular complexity index is 281. The summed E-state index contributed by atoms with van der Waals surface area (Å²) in [5, 5.41) is 0. The Balaban J connectivity index is 2.16. The van der Waals surface area contributed by atoms with Crippen LogP contribution in [0, 0.1) is 0 Å². The van der Waals surface area contributed by atoms with Crippen molar-refractivity contribution < 1.29 is 0 Å². The Hall–Kier alpha value is -1.03. The van der Waals surface area contributed by atoms with Gasteiger partial charge in [-0.3, -0.25) is 0 Å². The van der Waals surface area contributed by atoms with Crippen molar-refractivity contribution in [1.29, 1.82) is 0 Å². The summed E-state index contributed by atoms with van der Waals surface area (Å²) in [6.45, 7) is 5.08. The minimum Gasteiger partial charge on any atom is -0.341 e. The summed E-state index contributed by atoms with van der Waals surface area (Å²) >= 11 is 0. The van der Waals surface area contributed by atoms with Gasteiger partial charge in [-0.15, -0.1) is 0 Å². The summed E-state index contributed by atoms with van der Waals surface area (Å²) in [4.78, 5) is 6.59. The average molecular weight is 180 g/mol. The lowest BCUT2D eigenvalue weighted by Crippen LogP contribution is -2.28. The maximum Gasteiger partial charge on any atom is 0.205 e. The molecule has 1 aromatic rings. The van der Waals surface area contributed by atoms with Crippen LogP contribution in [0.2, 0.25) is 0 Å². The van der Waals surface area contributed by atoms with E-state index in [0.29, 0.717) is 6.04 Å². The lowest BCUT2D eigenvalue weighted by atomic mass is 10.3. The number of rotatable bonds is 2. The highest BCUT2D eigenvalue weighted by Crippen LogP contribution is 2.17. The Morgan fingerprint density at radius 3 is 3.15 bits per heavy atom.